The van der Waals surface area contributed by atoms with Crippen LogP contribution in [0, 0.1) is 12.3 Å². The highest BCUT2D eigenvalue weighted by Crippen LogP contribution is 2.16. The van der Waals surface area contributed by atoms with Crippen LogP contribution in [0.2, 0.25) is 0 Å². The number of terminal acetylenes is 1. The summed E-state index contributed by atoms with van der Waals surface area (Å²) < 4.78 is 5.34. The molecule has 1 aliphatic heterocycles. The molecule has 0 atom stereocenters. The van der Waals surface area contributed by atoms with Gasteiger partial charge in [-0.15, -0.1) is 6.42 Å². The second kappa shape index (κ2) is 6.87. The van der Waals surface area contributed by atoms with Gasteiger partial charge in [0.2, 0.25) is 0 Å². The van der Waals surface area contributed by atoms with Crippen molar-refractivity contribution in [3.8, 4) is 12.3 Å². The summed E-state index contributed by atoms with van der Waals surface area (Å²) in [5.74, 6) is 3.28. The summed E-state index contributed by atoms with van der Waals surface area (Å²) in [5.41, 5.74) is 8.65. The topological polar surface area (TPSA) is 45.6 Å². The fourth-order valence-corrected chi connectivity index (χ4v) is 1.61. The molecular formula is C12H16BN3OS. The summed E-state index contributed by atoms with van der Waals surface area (Å²) in [4.78, 5) is 4.26. The predicted octanol–water partition coefficient (Wildman–Crippen LogP) is 0.725. The van der Waals surface area contributed by atoms with E-state index in [0.717, 1.165) is 21.9 Å². The normalized spacial score (nSPS) is 16.4. The second-order valence-corrected chi connectivity index (χ2v) is 4.39. The molecule has 0 amide bonds. The van der Waals surface area contributed by atoms with E-state index in [4.69, 9.17) is 11.2 Å². The number of hydrogen-bond acceptors (Lipinski definition) is 5. The Morgan fingerprint density at radius 1 is 1.61 bits per heavy atom. The fraction of sp³-hybridized carbons (Fsp3) is 0.250. The first kappa shape index (κ1) is 14.3. The first-order chi connectivity index (χ1) is 8.62. The zero-order valence-electron chi connectivity index (χ0n) is 11.0. The monoisotopic (exact) mass is 261 g/mol. The number of methoxy groups -OCH3 is 1. The third-order valence-electron chi connectivity index (χ3n) is 2.38. The van der Waals surface area contributed by atoms with Crippen LogP contribution < -0.4 is 10.9 Å². The van der Waals surface area contributed by atoms with Crippen LogP contribution in [0.15, 0.2) is 39.8 Å². The second-order valence-electron chi connectivity index (χ2n) is 3.60. The first-order valence-electron chi connectivity index (χ1n) is 5.36. The maximum atomic E-state index is 5.34. The molecule has 0 aromatic carbocycles. The maximum Gasteiger partial charge on any atom is 0.179 e. The number of hydrazine groups is 1. The molecule has 0 aromatic rings. The van der Waals surface area contributed by atoms with Crippen LogP contribution in [0.5, 0.6) is 0 Å². The molecule has 0 unspecified atom stereocenters. The number of hydrogen-bond donors (Lipinski definition) is 2. The van der Waals surface area contributed by atoms with Gasteiger partial charge in [-0.05, 0) is 24.7 Å². The SMILES string of the molecule is B/C(C#C)=C/C(OC)=C(\C)C1=CN=C(SC)NN1. The molecule has 1 aliphatic rings. The predicted molar refractivity (Wildman–Crippen MR) is 80.5 cm³/mol. The maximum absolute atomic E-state index is 5.34. The molecule has 0 fully saturated rings. The van der Waals surface area contributed by atoms with E-state index in [1.54, 1.807) is 13.3 Å². The van der Waals surface area contributed by atoms with Crippen molar-refractivity contribution in [3.05, 3.63) is 34.8 Å². The van der Waals surface area contributed by atoms with Gasteiger partial charge in [0.25, 0.3) is 0 Å². The van der Waals surface area contributed by atoms with E-state index >= 15 is 0 Å². The standard InChI is InChI=1S/C12H16BN3OS/c1-5-9(13)6-11(17-3)8(2)10-7-14-12(18-4)16-15-10/h1,6-7,15H,13H2,2-4H3,(H,14,16)/b9-6+,11-8-. The van der Waals surface area contributed by atoms with Crippen molar-refractivity contribution in [3.63, 3.8) is 0 Å². The minimum Gasteiger partial charge on any atom is -0.496 e. The number of aliphatic imine (C=N–C) groups is 1. The van der Waals surface area contributed by atoms with E-state index < -0.39 is 0 Å². The Morgan fingerprint density at radius 3 is 2.78 bits per heavy atom. The van der Waals surface area contributed by atoms with Gasteiger partial charge in [-0.2, -0.15) is 0 Å². The Balaban J connectivity index is 3.04. The van der Waals surface area contributed by atoms with Gasteiger partial charge in [0.05, 0.1) is 19.0 Å². The van der Waals surface area contributed by atoms with Crippen molar-refractivity contribution in [1.82, 2.24) is 10.9 Å². The van der Waals surface area contributed by atoms with Crippen molar-refractivity contribution in [1.29, 1.82) is 0 Å². The zero-order valence-corrected chi connectivity index (χ0v) is 11.8. The van der Waals surface area contributed by atoms with E-state index in [9.17, 15) is 0 Å². The first-order valence-corrected chi connectivity index (χ1v) is 6.59. The average molecular weight is 261 g/mol. The molecule has 0 spiro atoms. The molecule has 0 aromatic heterocycles. The van der Waals surface area contributed by atoms with Gasteiger partial charge in [0.1, 0.15) is 5.76 Å². The molecule has 0 radical (unpaired) electrons. The highest BCUT2D eigenvalue weighted by atomic mass is 32.2. The highest BCUT2D eigenvalue weighted by Gasteiger charge is 2.10. The summed E-state index contributed by atoms with van der Waals surface area (Å²) >= 11 is 1.53. The van der Waals surface area contributed by atoms with Crippen LogP contribution in [-0.2, 0) is 4.74 Å². The molecule has 0 aliphatic carbocycles. The van der Waals surface area contributed by atoms with Gasteiger partial charge < -0.3 is 4.74 Å². The van der Waals surface area contributed by atoms with Gasteiger partial charge >= 0.3 is 0 Å². The Bertz CT molecular complexity index is 486. The molecule has 2 N–H and O–H groups in total. The lowest BCUT2D eigenvalue weighted by Gasteiger charge is -2.18. The lowest BCUT2D eigenvalue weighted by atomic mass is 9.95. The number of allylic oxidation sites excluding steroid dienone is 3. The highest BCUT2D eigenvalue weighted by molar-refractivity contribution is 8.13. The molecule has 0 saturated carbocycles. The Labute approximate surface area is 113 Å². The molecule has 0 bridgehead atoms. The van der Waals surface area contributed by atoms with Crippen molar-refractivity contribution >= 4 is 24.8 Å². The third kappa shape index (κ3) is 3.64. The molecule has 6 heteroatoms. The largest absolute Gasteiger partial charge is 0.496 e. The third-order valence-corrected chi connectivity index (χ3v) is 2.97. The van der Waals surface area contributed by atoms with E-state index in [-0.39, 0.29) is 0 Å². The zero-order chi connectivity index (χ0) is 13.5. The molecule has 1 rings (SSSR count). The van der Waals surface area contributed by atoms with E-state index in [1.165, 1.54) is 11.8 Å². The lowest BCUT2D eigenvalue weighted by Crippen LogP contribution is -2.37. The van der Waals surface area contributed by atoms with Gasteiger partial charge in [-0.1, -0.05) is 17.7 Å². The average Bonchev–Trinajstić information content (AvgIpc) is 2.43. The van der Waals surface area contributed by atoms with Crippen molar-refractivity contribution in [2.75, 3.05) is 13.4 Å². The van der Waals surface area contributed by atoms with E-state index in [2.05, 4.69) is 21.8 Å². The minimum atomic E-state index is 0.716. The minimum absolute atomic E-state index is 0.716. The quantitative estimate of drug-likeness (QED) is 0.340. The van der Waals surface area contributed by atoms with Gasteiger partial charge in [0.15, 0.2) is 13.0 Å². The summed E-state index contributed by atoms with van der Waals surface area (Å²) in [6.45, 7) is 1.94. The van der Waals surface area contributed by atoms with Crippen LogP contribution in [0.3, 0.4) is 0 Å². The van der Waals surface area contributed by atoms with E-state index in [1.807, 2.05) is 27.1 Å². The summed E-state index contributed by atoms with van der Waals surface area (Å²) in [6, 6.07) is 0. The number of amidine groups is 1. The fourth-order valence-electron chi connectivity index (χ4n) is 1.29. The molecule has 18 heavy (non-hydrogen) atoms. The number of nitrogens with zero attached hydrogens (tertiary/aromatic N) is 1. The Morgan fingerprint density at radius 2 is 2.33 bits per heavy atom. The van der Waals surface area contributed by atoms with Crippen molar-refractivity contribution in [2.45, 2.75) is 6.92 Å². The summed E-state index contributed by atoms with van der Waals surface area (Å²) in [6.07, 6.45) is 10.9. The van der Waals surface area contributed by atoms with Crippen LogP contribution in [0.25, 0.3) is 0 Å². The van der Waals surface area contributed by atoms with Crippen molar-refractivity contribution in [2.24, 2.45) is 4.99 Å². The Hall–Kier alpha value is -1.74. The van der Waals surface area contributed by atoms with E-state index in [0.29, 0.717) is 5.76 Å². The van der Waals surface area contributed by atoms with Crippen LogP contribution in [0.4, 0.5) is 0 Å². The smallest absolute Gasteiger partial charge is 0.179 e. The molecule has 0 saturated heterocycles. The number of ether oxygens (including phenoxy) is 1. The number of nitrogens with one attached hydrogen (secondary N) is 2. The van der Waals surface area contributed by atoms with Gasteiger partial charge in [-0.3, -0.25) is 10.9 Å². The molecule has 94 valence electrons. The van der Waals surface area contributed by atoms with Crippen LogP contribution >= 0.6 is 11.8 Å². The summed E-state index contributed by atoms with van der Waals surface area (Å²) in [7, 11) is 3.48. The number of rotatable bonds is 3. The Kier molecular flexibility index (Phi) is 5.47. The van der Waals surface area contributed by atoms with Gasteiger partial charge in [0, 0.05) is 5.57 Å². The summed E-state index contributed by atoms with van der Waals surface area (Å²) in [5, 5.41) is 0.820. The lowest BCUT2D eigenvalue weighted by molar-refractivity contribution is 0.302. The van der Waals surface area contributed by atoms with Gasteiger partial charge in [-0.25, -0.2) is 4.99 Å². The van der Waals surface area contributed by atoms with Crippen LogP contribution in [0.1, 0.15) is 6.92 Å². The van der Waals surface area contributed by atoms with Crippen LogP contribution in [-0.4, -0.2) is 26.4 Å². The molecule has 4 nitrogen and oxygen atoms in total. The van der Waals surface area contributed by atoms with Crippen molar-refractivity contribution < 1.29 is 4.74 Å². The molecular weight excluding hydrogens is 245 g/mol. The molecule has 1 heterocycles. The number of thioether (sulfide) groups is 1.